The average Bonchev–Trinajstić information content (AvgIpc) is 2.85. The molecule has 106 valence electrons. The SMILES string of the molecule is Cc1nc(CCNC(=O)C(C)Cc2ccccc2)cs1. The molecule has 1 atom stereocenters. The first-order chi connectivity index (χ1) is 9.65. The highest BCUT2D eigenvalue weighted by atomic mass is 32.1. The zero-order valence-electron chi connectivity index (χ0n) is 11.9. The van der Waals surface area contributed by atoms with Gasteiger partial charge in [0, 0.05) is 24.3 Å². The van der Waals surface area contributed by atoms with E-state index in [4.69, 9.17) is 0 Å². The van der Waals surface area contributed by atoms with Gasteiger partial charge in [0.2, 0.25) is 5.91 Å². The lowest BCUT2D eigenvalue weighted by atomic mass is 10.0. The molecule has 0 fully saturated rings. The lowest BCUT2D eigenvalue weighted by molar-refractivity contribution is -0.124. The van der Waals surface area contributed by atoms with Gasteiger partial charge in [-0.15, -0.1) is 11.3 Å². The summed E-state index contributed by atoms with van der Waals surface area (Å²) in [4.78, 5) is 16.4. The Morgan fingerprint density at radius 1 is 1.35 bits per heavy atom. The van der Waals surface area contributed by atoms with Crippen molar-refractivity contribution in [3.05, 3.63) is 52.0 Å². The van der Waals surface area contributed by atoms with E-state index < -0.39 is 0 Å². The zero-order valence-corrected chi connectivity index (χ0v) is 12.7. The van der Waals surface area contributed by atoms with Crippen LogP contribution in [0.25, 0.3) is 0 Å². The maximum absolute atomic E-state index is 12.0. The molecule has 0 radical (unpaired) electrons. The number of hydrogen-bond donors (Lipinski definition) is 1. The Morgan fingerprint density at radius 3 is 2.75 bits per heavy atom. The van der Waals surface area contributed by atoms with E-state index >= 15 is 0 Å². The second kappa shape index (κ2) is 7.20. The molecule has 0 saturated carbocycles. The highest BCUT2D eigenvalue weighted by Gasteiger charge is 2.12. The van der Waals surface area contributed by atoms with Crippen molar-refractivity contribution in [1.29, 1.82) is 0 Å². The van der Waals surface area contributed by atoms with Crippen LogP contribution < -0.4 is 5.32 Å². The highest BCUT2D eigenvalue weighted by molar-refractivity contribution is 7.09. The van der Waals surface area contributed by atoms with Crippen molar-refractivity contribution in [3.8, 4) is 0 Å². The second-order valence-electron chi connectivity index (χ2n) is 4.99. The van der Waals surface area contributed by atoms with Gasteiger partial charge in [-0.05, 0) is 18.9 Å². The highest BCUT2D eigenvalue weighted by Crippen LogP contribution is 2.09. The van der Waals surface area contributed by atoms with Crippen molar-refractivity contribution in [2.75, 3.05) is 6.54 Å². The van der Waals surface area contributed by atoms with Gasteiger partial charge in [-0.1, -0.05) is 37.3 Å². The number of nitrogens with zero attached hydrogens (tertiary/aromatic N) is 1. The number of hydrogen-bond acceptors (Lipinski definition) is 3. The van der Waals surface area contributed by atoms with Gasteiger partial charge in [0.25, 0.3) is 0 Å². The first-order valence-electron chi connectivity index (χ1n) is 6.88. The summed E-state index contributed by atoms with van der Waals surface area (Å²) in [7, 11) is 0. The van der Waals surface area contributed by atoms with Gasteiger partial charge >= 0.3 is 0 Å². The number of aryl methyl sites for hydroxylation is 1. The molecule has 0 aliphatic heterocycles. The fourth-order valence-corrected chi connectivity index (χ4v) is 2.72. The van der Waals surface area contributed by atoms with Crippen molar-refractivity contribution in [1.82, 2.24) is 10.3 Å². The maximum Gasteiger partial charge on any atom is 0.223 e. The van der Waals surface area contributed by atoms with Crippen LogP contribution in [0.4, 0.5) is 0 Å². The van der Waals surface area contributed by atoms with Crippen LogP contribution in [0.5, 0.6) is 0 Å². The summed E-state index contributed by atoms with van der Waals surface area (Å²) in [6, 6.07) is 10.1. The van der Waals surface area contributed by atoms with Crippen molar-refractivity contribution in [2.24, 2.45) is 5.92 Å². The van der Waals surface area contributed by atoms with Crippen molar-refractivity contribution >= 4 is 17.2 Å². The van der Waals surface area contributed by atoms with E-state index in [1.54, 1.807) is 11.3 Å². The molecule has 3 nitrogen and oxygen atoms in total. The fourth-order valence-electron chi connectivity index (χ4n) is 2.07. The third kappa shape index (κ3) is 4.46. The van der Waals surface area contributed by atoms with E-state index in [1.165, 1.54) is 5.56 Å². The molecule has 0 bridgehead atoms. The van der Waals surface area contributed by atoms with Gasteiger partial charge in [-0.3, -0.25) is 4.79 Å². The van der Waals surface area contributed by atoms with Crippen LogP contribution in [-0.4, -0.2) is 17.4 Å². The number of benzene rings is 1. The summed E-state index contributed by atoms with van der Waals surface area (Å²) in [6.45, 7) is 4.62. The van der Waals surface area contributed by atoms with E-state index in [-0.39, 0.29) is 11.8 Å². The van der Waals surface area contributed by atoms with Crippen LogP contribution in [0.3, 0.4) is 0 Å². The number of nitrogens with one attached hydrogen (secondary N) is 1. The summed E-state index contributed by atoms with van der Waals surface area (Å²) >= 11 is 1.65. The first-order valence-corrected chi connectivity index (χ1v) is 7.76. The van der Waals surface area contributed by atoms with Gasteiger partial charge < -0.3 is 5.32 Å². The number of amides is 1. The quantitative estimate of drug-likeness (QED) is 0.888. The Morgan fingerprint density at radius 2 is 2.10 bits per heavy atom. The smallest absolute Gasteiger partial charge is 0.223 e. The number of carbonyl (C=O) groups is 1. The molecule has 2 aromatic rings. The maximum atomic E-state index is 12.0. The molecule has 1 aromatic carbocycles. The molecule has 2 rings (SSSR count). The molecule has 1 amide bonds. The van der Waals surface area contributed by atoms with Crippen LogP contribution in [0.2, 0.25) is 0 Å². The lowest BCUT2D eigenvalue weighted by Crippen LogP contribution is -2.31. The van der Waals surface area contributed by atoms with E-state index in [9.17, 15) is 4.79 Å². The Bertz CT molecular complexity index is 551. The molecule has 0 saturated heterocycles. The van der Waals surface area contributed by atoms with Crippen LogP contribution in [0.15, 0.2) is 35.7 Å². The van der Waals surface area contributed by atoms with Crippen LogP contribution in [-0.2, 0) is 17.6 Å². The summed E-state index contributed by atoms with van der Waals surface area (Å²) in [5, 5.41) is 6.11. The number of aromatic nitrogens is 1. The summed E-state index contributed by atoms with van der Waals surface area (Å²) in [5.41, 5.74) is 2.26. The molecule has 20 heavy (non-hydrogen) atoms. The molecule has 4 heteroatoms. The van der Waals surface area contributed by atoms with E-state index in [0.29, 0.717) is 6.54 Å². The van der Waals surface area contributed by atoms with Crippen LogP contribution in [0.1, 0.15) is 23.2 Å². The standard InChI is InChI=1S/C16H20N2OS/c1-12(10-14-6-4-3-5-7-14)16(19)17-9-8-15-11-20-13(2)18-15/h3-7,11-12H,8-10H2,1-2H3,(H,17,19). The fraction of sp³-hybridized carbons (Fsp3) is 0.375. The molecular weight excluding hydrogens is 268 g/mol. The van der Waals surface area contributed by atoms with Crippen LogP contribution >= 0.6 is 11.3 Å². The van der Waals surface area contributed by atoms with Gasteiger partial charge in [-0.2, -0.15) is 0 Å². The van der Waals surface area contributed by atoms with Gasteiger partial charge in [0.05, 0.1) is 10.7 Å². The van der Waals surface area contributed by atoms with Crippen molar-refractivity contribution < 1.29 is 4.79 Å². The second-order valence-corrected chi connectivity index (χ2v) is 6.05. The summed E-state index contributed by atoms with van der Waals surface area (Å²) < 4.78 is 0. The number of carbonyl (C=O) groups excluding carboxylic acids is 1. The predicted octanol–water partition coefficient (Wildman–Crippen LogP) is 2.99. The Kier molecular flexibility index (Phi) is 5.30. The summed E-state index contributed by atoms with van der Waals surface area (Å²) in [5.74, 6) is 0.107. The topological polar surface area (TPSA) is 42.0 Å². The van der Waals surface area contributed by atoms with E-state index in [1.807, 2.05) is 32.0 Å². The lowest BCUT2D eigenvalue weighted by Gasteiger charge is -2.11. The minimum absolute atomic E-state index is 0.00503. The minimum Gasteiger partial charge on any atom is -0.355 e. The first kappa shape index (κ1) is 14.7. The third-order valence-corrected chi connectivity index (χ3v) is 4.00. The van der Waals surface area contributed by atoms with E-state index in [2.05, 4.69) is 27.8 Å². The molecule has 1 unspecified atom stereocenters. The molecular formula is C16H20N2OS. The summed E-state index contributed by atoms with van der Waals surface area (Å²) in [6.07, 6.45) is 1.58. The Hall–Kier alpha value is -1.68. The molecule has 1 aromatic heterocycles. The van der Waals surface area contributed by atoms with Gasteiger partial charge in [-0.25, -0.2) is 4.98 Å². The van der Waals surface area contributed by atoms with E-state index in [0.717, 1.165) is 23.5 Å². The zero-order chi connectivity index (χ0) is 14.4. The Balaban J connectivity index is 1.74. The van der Waals surface area contributed by atoms with Crippen molar-refractivity contribution in [3.63, 3.8) is 0 Å². The molecule has 0 spiro atoms. The predicted molar refractivity (Wildman–Crippen MR) is 82.9 cm³/mol. The molecule has 0 aliphatic carbocycles. The average molecular weight is 288 g/mol. The number of thiazole rings is 1. The van der Waals surface area contributed by atoms with Gasteiger partial charge in [0.15, 0.2) is 0 Å². The third-order valence-electron chi connectivity index (χ3n) is 3.18. The largest absolute Gasteiger partial charge is 0.355 e. The normalized spacial score (nSPS) is 12.1. The Labute approximate surface area is 124 Å². The minimum atomic E-state index is -0.00503. The number of rotatable bonds is 6. The monoisotopic (exact) mass is 288 g/mol. The van der Waals surface area contributed by atoms with Crippen molar-refractivity contribution in [2.45, 2.75) is 26.7 Å². The molecule has 0 aliphatic rings. The molecule has 1 heterocycles. The van der Waals surface area contributed by atoms with Gasteiger partial charge in [0.1, 0.15) is 0 Å². The molecule has 1 N–H and O–H groups in total. The van der Waals surface area contributed by atoms with Crippen LogP contribution in [0, 0.1) is 12.8 Å².